The molecule has 2 aromatic heterocycles. The van der Waals surface area contributed by atoms with Crippen LogP contribution in [0.5, 0.6) is 0 Å². The van der Waals surface area contributed by atoms with Crippen molar-refractivity contribution >= 4 is 23.2 Å². The van der Waals surface area contributed by atoms with E-state index in [-0.39, 0.29) is 17.9 Å². The van der Waals surface area contributed by atoms with Crippen LogP contribution in [0.1, 0.15) is 46.8 Å². The first-order valence-electron chi connectivity index (χ1n) is 9.40. The number of rotatable bonds is 9. The predicted molar refractivity (Wildman–Crippen MR) is 104 cm³/mol. The second-order valence-corrected chi connectivity index (χ2v) is 7.66. The highest BCUT2D eigenvalue weighted by Crippen LogP contribution is 2.35. The Hall–Kier alpha value is -2.19. The summed E-state index contributed by atoms with van der Waals surface area (Å²) in [5.74, 6) is -0.219. The van der Waals surface area contributed by atoms with Gasteiger partial charge < -0.3 is 14.6 Å². The third-order valence-electron chi connectivity index (χ3n) is 4.62. The van der Waals surface area contributed by atoms with Crippen molar-refractivity contribution in [1.82, 2.24) is 19.8 Å². The number of carbonyl (C=O) groups excluding carboxylic acids is 2. The first-order valence-corrected chi connectivity index (χ1v) is 10.2. The number of hydrogen-bond acceptors (Lipinski definition) is 6. The lowest BCUT2D eigenvalue weighted by Gasteiger charge is -2.22. The van der Waals surface area contributed by atoms with Crippen LogP contribution in [0, 0.1) is 0 Å². The molecule has 0 unspecified atom stereocenters. The van der Waals surface area contributed by atoms with E-state index in [4.69, 9.17) is 4.74 Å². The summed E-state index contributed by atoms with van der Waals surface area (Å²) in [7, 11) is 0. The highest BCUT2D eigenvalue weighted by molar-refractivity contribution is 7.14. The van der Waals surface area contributed by atoms with E-state index >= 15 is 0 Å². The zero-order valence-corrected chi connectivity index (χ0v) is 16.4. The number of amides is 1. The zero-order valence-electron chi connectivity index (χ0n) is 15.6. The molecule has 1 N–H and O–H groups in total. The maximum absolute atomic E-state index is 12.4. The van der Waals surface area contributed by atoms with Crippen molar-refractivity contribution in [2.45, 2.75) is 38.8 Å². The summed E-state index contributed by atoms with van der Waals surface area (Å²) in [6.45, 7) is 4.88. The first kappa shape index (κ1) is 19.6. The Morgan fingerprint density at radius 1 is 1.41 bits per heavy atom. The van der Waals surface area contributed by atoms with Crippen molar-refractivity contribution in [2.75, 3.05) is 26.2 Å². The van der Waals surface area contributed by atoms with Crippen LogP contribution in [0.15, 0.2) is 30.9 Å². The number of imidazole rings is 1. The largest absolute Gasteiger partial charge is 0.465 e. The van der Waals surface area contributed by atoms with E-state index in [0.29, 0.717) is 19.7 Å². The Balaban J connectivity index is 1.49. The summed E-state index contributed by atoms with van der Waals surface area (Å²) < 4.78 is 7.06. The molecule has 1 saturated heterocycles. The molecule has 0 radical (unpaired) electrons. The monoisotopic (exact) mass is 390 g/mol. The Bertz CT molecular complexity index is 744. The average Bonchev–Trinajstić information content (AvgIpc) is 3.39. The summed E-state index contributed by atoms with van der Waals surface area (Å²) in [4.78, 5) is 32.2. The molecule has 1 amide bonds. The van der Waals surface area contributed by atoms with Crippen LogP contribution in [0.4, 0.5) is 0 Å². The van der Waals surface area contributed by atoms with Gasteiger partial charge in [0.25, 0.3) is 5.91 Å². The van der Waals surface area contributed by atoms with E-state index < -0.39 is 0 Å². The van der Waals surface area contributed by atoms with Crippen molar-refractivity contribution < 1.29 is 14.3 Å². The first-order chi connectivity index (χ1) is 13.2. The van der Waals surface area contributed by atoms with Gasteiger partial charge in [-0.2, -0.15) is 0 Å². The number of aryl methyl sites for hydroxylation is 1. The third kappa shape index (κ3) is 5.40. The fraction of sp³-hybridized carbons (Fsp3) is 0.526. The molecule has 0 spiro atoms. The van der Waals surface area contributed by atoms with Gasteiger partial charge in [0.15, 0.2) is 0 Å². The molecule has 1 aliphatic rings. The molecule has 1 aliphatic heterocycles. The quantitative estimate of drug-likeness (QED) is 0.526. The second kappa shape index (κ2) is 9.66. The topological polar surface area (TPSA) is 76.5 Å². The van der Waals surface area contributed by atoms with Gasteiger partial charge in [-0.3, -0.25) is 14.5 Å². The van der Waals surface area contributed by atoms with Crippen LogP contribution in [0.2, 0.25) is 0 Å². The molecule has 146 valence electrons. The average molecular weight is 391 g/mol. The maximum atomic E-state index is 12.4. The van der Waals surface area contributed by atoms with Gasteiger partial charge in [0.05, 0.1) is 24.4 Å². The highest BCUT2D eigenvalue weighted by atomic mass is 32.1. The minimum Gasteiger partial charge on any atom is -0.465 e. The van der Waals surface area contributed by atoms with Crippen molar-refractivity contribution in [3.05, 3.63) is 40.6 Å². The molecular weight excluding hydrogens is 364 g/mol. The number of ether oxygens (including phenoxy) is 1. The van der Waals surface area contributed by atoms with Crippen LogP contribution in [-0.4, -0.2) is 52.6 Å². The van der Waals surface area contributed by atoms with Crippen molar-refractivity contribution in [3.8, 4) is 0 Å². The summed E-state index contributed by atoms with van der Waals surface area (Å²) in [6.07, 6.45) is 8.36. The van der Waals surface area contributed by atoms with Gasteiger partial charge in [-0.05, 0) is 44.9 Å². The van der Waals surface area contributed by atoms with Crippen molar-refractivity contribution in [1.29, 1.82) is 0 Å². The lowest BCUT2D eigenvalue weighted by Crippen LogP contribution is -2.30. The van der Waals surface area contributed by atoms with E-state index in [1.165, 1.54) is 11.3 Å². The summed E-state index contributed by atoms with van der Waals surface area (Å²) >= 11 is 1.52. The molecular formula is C19H26N4O3S. The van der Waals surface area contributed by atoms with E-state index in [2.05, 4.69) is 15.2 Å². The second-order valence-electron chi connectivity index (χ2n) is 6.55. The van der Waals surface area contributed by atoms with Crippen LogP contribution < -0.4 is 5.32 Å². The molecule has 1 atom stereocenters. The number of nitrogens with zero attached hydrogens (tertiary/aromatic N) is 3. The smallest absolute Gasteiger partial charge is 0.320 e. The van der Waals surface area contributed by atoms with E-state index in [9.17, 15) is 9.59 Å². The number of aromatic nitrogens is 2. The van der Waals surface area contributed by atoms with Gasteiger partial charge in [-0.1, -0.05) is 0 Å². The fourth-order valence-electron chi connectivity index (χ4n) is 3.33. The summed E-state index contributed by atoms with van der Waals surface area (Å²) in [5, 5.41) is 2.98. The number of esters is 1. The van der Waals surface area contributed by atoms with Crippen LogP contribution in [0.3, 0.4) is 0 Å². The lowest BCUT2D eigenvalue weighted by molar-refractivity contribution is -0.144. The molecule has 0 bridgehead atoms. The molecule has 3 rings (SSSR count). The Morgan fingerprint density at radius 2 is 2.30 bits per heavy atom. The van der Waals surface area contributed by atoms with Gasteiger partial charge >= 0.3 is 5.97 Å². The zero-order chi connectivity index (χ0) is 19.1. The van der Waals surface area contributed by atoms with Crippen LogP contribution in [0.25, 0.3) is 0 Å². The standard InChI is InChI=1S/C19H26N4O3S/c1-2-26-18(24)13-23-11-3-5-15(23)16-6-7-17(27-16)19(25)21-8-4-10-22-12-9-20-14-22/h6-7,9,12,14-15H,2-5,8,10-11,13H2,1H3,(H,21,25)/t15-/m0/s1. The van der Waals surface area contributed by atoms with Gasteiger partial charge in [0.1, 0.15) is 0 Å². The maximum Gasteiger partial charge on any atom is 0.320 e. The number of thiophene rings is 1. The number of carbonyl (C=O) groups is 2. The summed E-state index contributed by atoms with van der Waals surface area (Å²) in [5.41, 5.74) is 0. The molecule has 8 heteroatoms. The normalized spacial score (nSPS) is 17.1. The minimum atomic E-state index is -0.184. The number of nitrogens with one attached hydrogen (secondary N) is 1. The Kier molecular flexibility index (Phi) is 7.00. The SMILES string of the molecule is CCOC(=O)CN1CCC[C@H]1c1ccc(C(=O)NCCCn2ccnc2)s1. The number of hydrogen-bond donors (Lipinski definition) is 1. The molecule has 27 heavy (non-hydrogen) atoms. The van der Waals surface area contributed by atoms with Gasteiger partial charge in [0.2, 0.25) is 0 Å². The minimum absolute atomic E-state index is 0.0354. The molecule has 3 heterocycles. The van der Waals surface area contributed by atoms with Crippen LogP contribution >= 0.6 is 11.3 Å². The molecule has 0 aliphatic carbocycles. The Morgan fingerprint density at radius 3 is 3.07 bits per heavy atom. The Labute approximate surface area is 163 Å². The van der Waals surface area contributed by atoms with Crippen molar-refractivity contribution in [3.63, 3.8) is 0 Å². The van der Waals surface area contributed by atoms with E-state index in [1.807, 2.05) is 29.8 Å². The number of likely N-dealkylation sites (tertiary alicyclic amines) is 1. The molecule has 2 aromatic rings. The fourth-order valence-corrected chi connectivity index (χ4v) is 4.43. The summed E-state index contributed by atoms with van der Waals surface area (Å²) in [6, 6.07) is 4.09. The van der Waals surface area contributed by atoms with E-state index in [1.54, 1.807) is 12.5 Å². The third-order valence-corrected chi connectivity index (χ3v) is 5.80. The van der Waals surface area contributed by atoms with Crippen molar-refractivity contribution in [2.24, 2.45) is 0 Å². The van der Waals surface area contributed by atoms with Gasteiger partial charge in [0, 0.05) is 36.4 Å². The molecule has 1 fully saturated rings. The van der Waals surface area contributed by atoms with Gasteiger partial charge in [-0.25, -0.2) is 4.98 Å². The molecule has 0 saturated carbocycles. The van der Waals surface area contributed by atoms with E-state index in [0.717, 1.165) is 42.1 Å². The lowest BCUT2D eigenvalue weighted by atomic mass is 10.2. The molecule has 7 nitrogen and oxygen atoms in total. The van der Waals surface area contributed by atoms with Gasteiger partial charge in [-0.15, -0.1) is 11.3 Å². The predicted octanol–water partition coefficient (Wildman–Crippen LogP) is 2.46. The van der Waals surface area contributed by atoms with Crippen LogP contribution in [-0.2, 0) is 16.1 Å². The highest BCUT2D eigenvalue weighted by Gasteiger charge is 2.29. The molecule has 0 aromatic carbocycles.